The van der Waals surface area contributed by atoms with E-state index in [-0.39, 0.29) is 36.7 Å². The van der Waals surface area contributed by atoms with Crippen molar-refractivity contribution in [1.29, 1.82) is 0 Å². The number of nitrogens with zero attached hydrogens (tertiary/aromatic N) is 1. The fourth-order valence-electron chi connectivity index (χ4n) is 3.49. The van der Waals surface area contributed by atoms with Gasteiger partial charge in [-0.3, -0.25) is 4.90 Å². The van der Waals surface area contributed by atoms with E-state index in [0.29, 0.717) is 30.5 Å². The lowest BCUT2D eigenvalue weighted by Gasteiger charge is -2.35. The van der Waals surface area contributed by atoms with Gasteiger partial charge in [-0.05, 0) is 42.0 Å². The zero-order valence-corrected chi connectivity index (χ0v) is 18.2. The lowest BCUT2D eigenvalue weighted by atomic mass is 10.0. The highest BCUT2D eigenvalue weighted by atomic mass is 35.5. The van der Waals surface area contributed by atoms with Crippen molar-refractivity contribution in [3.05, 3.63) is 48.0 Å². The number of morpholine rings is 1. The molecule has 0 spiro atoms. The van der Waals surface area contributed by atoms with Crippen LogP contribution in [0.4, 0.5) is 0 Å². The molecule has 8 nitrogen and oxygen atoms in total. The maximum absolute atomic E-state index is 12.8. The molecular formula is C20H25ClN2O6S. The summed E-state index contributed by atoms with van der Waals surface area (Å²) in [5.41, 5.74) is 0.966. The smallest absolute Gasteiger partial charge is 0.240 e. The van der Waals surface area contributed by atoms with E-state index in [1.165, 1.54) is 12.1 Å². The van der Waals surface area contributed by atoms with E-state index in [1.54, 1.807) is 19.2 Å². The quantitative estimate of drug-likeness (QED) is 0.683. The lowest BCUT2D eigenvalue weighted by molar-refractivity contribution is 0.0171. The normalized spacial score (nSPS) is 17.2. The molecule has 4 rings (SSSR count). The Morgan fingerprint density at radius 3 is 2.47 bits per heavy atom. The minimum absolute atomic E-state index is 0. The Labute approximate surface area is 182 Å². The van der Waals surface area contributed by atoms with Crippen LogP contribution in [0.3, 0.4) is 0 Å². The van der Waals surface area contributed by atoms with Crippen LogP contribution in [-0.2, 0) is 14.8 Å². The molecule has 30 heavy (non-hydrogen) atoms. The fourth-order valence-corrected chi connectivity index (χ4v) is 4.53. The van der Waals surface area contributed by atoms with Crippen molar-refractivity contribution < 1.29 is 27.4 Å². The van der Waals surface area contributed by atoms with E-state index in [1.807, 2.05) is 18.2 Å². The second-order valence-corrected chi connectivity index (χ2v) is 8.57. The third-order valence-corrected chi connectivity index (χ3v) is 6.54. The van der Waals surface area contributed by atoms with Crippen molar-refractivity contribution >= 4 is 22.4 Å². The van der Waals surface area contributed by atoms with Gasteiger partial charge in [0.05, 0.1) is 25.2 Å². The zero-order valence-electron chi connectivity index (χ0n) is 16.6. The second kappa shape index (κ2) is 9.84. The number of sulfonamides is 1. The number of fused-ring (bicyclic) bond motifs is 1. The van der Waals surface area contributed by atoms with E-state index in [0.717, 1.165) is 18.7 Å². The highest BCUT2D eigenvalue weighted by Crippen LogP contribution is 2.35. The first-order chi connectivity index (χ1) is 14.1. The summed E-state index contributed by atoms with van der Waals surface area (Å²) in [7, 11) is -2.12. The van der Waals surface area contributed by atoms with Gasteiger partial charge < -0.3 is 18.9 Å². The minimum atomic E-state index is -3.66. The largest absolute Gasteiger partial charge is 0.497 e. The highest BCUT2D eigenvalue weighted by Gasteiger charge is 2.27. The van der Waals surface area contributed by atoms with Gasteiger partial charge in [0.1, 0.15) is 5.75 Å². The van der Waals surface area contributed by atoms with E-state index in [2.05, 4.69) is 9.62 Å². The number of ether oxygens (including phenoxy) is 4. The maximum Gasteiger partial charge on any atom is 0.240 e. The SMILES string of the molecule is COc1ccc(S(=O)(=O)NCC(c2ccc3c(c2)OCO3)N2CCOCC2)cc1.Cl. The molecule has 1 atom stereocenters. The summed E-state index contributed by atoms with van der Waals surface area (Å²) < 4.78 is 49.8. The summed E-state index contributed by atoms with van der Waals surface area (Å²) in [6.07, 6.45) is 0. The molecule has 2 heterocycles. The van der Waals surface area contributed by atoms with Crippen LogP contribution >= 0.6 is 12.4 Å². The summed E-state index contributed by atoms with van der Waals surface area (Å²) in [5.74, 6) is 1.99. The Morgan fingerprint density at radius 1 is 1.07 bits per heavy atom. The third-order valence-electron chi connectivity index (χ3n) is 5.10. The maximum atomic E-state index is 12.8. The van der Waals surface area contributed by atoms with Gasteiger partial charge in [0, 0.05) is 25.7 Å². The average molecular weight is 457 g/mol. The molecule has 2 aromatic carbocycles. The molecule has 0 radical (unpaired) electrons. The molecule has 1 saturated heterocycles. The van der Waals surface area contributed by atoms with Gasteiger partial charge in [0.15, 0.2) is 11.5 Å². The molecule has 2 aromatic rings. The molecule has 2 aliphatic rings. The molecule has 1 fully saturated rings. The first-order valence-electron chi connectivity index (χ1n) is 9.42. The first-order valence-corrected chi connectivity index (χ1v) is 10.9. The molecule has 164 valence electrons. The van der Waals surface area contributed by atoms with Gasteiger partial charge in [-0.15, -0.1) is 12.4 Å². The van der Waals surface area contributed by atoms with E-state index < -0.39 is 10.0 Å². The number of hydrogen-bond donors (Lipinski definition) is 1. The van der Waals surface area contributed by atoms with Crippen LogP contribution in [0.15, 0.2) is 47.4 Å². The van der Waals surface area contributed by atoms with Crippen molar-refractivity contribution in [3.63, 3.8) is 0 Å². The molecule has 10 heteroatoms. The highest BCUT2D eigenvalue weighted by molar-refractivity contribution is 7.89. The van der Waals surface area contributed by atoms with Crippen LogP contribution < -0.4 is 18.9 Å². The van der Waals surface area contributed by atoms with Crippen molar-refractivity contribution in [2.45, 2.75) is 10.9 Å². The number of benzene rings is 2. The van der Waals surface area contributed by atoms with Gasteiger partial charge in [0.25, 0.3) is 0 Å². The predicted molar refractivity (Wildman–Crippen MR) is 113 cm³/mol. The van der Waals surface area contributed by atoms with Gasteiger partial charge in [-0.2, -0.15) is 0 Å². The van der Waals surface area contributed by atoms with Crippen molar-refractivity contribution in [1.82, 2.24) is 9.62 Å². The van der Waals surface area contributed by atoms with Gasteiger partial charge in [0.2, 0.25) is 16.8 Å². The lowest BCUT2D eigenvalue weighted by Crippen LogP contribution is -2.43. The van der Waals surface area contributed by atoms with Gasteiger partial charge >= 0.3 is 0 Å². The van der Waals surface area contributed by atoms with Crippen LogP contribution in [-0.4, -0.2) is 60.1 Å². The monoisotopic (exact) mass is 456 g/mol. The Morgan fingerprint density at radius 2 is 1.77 bits per heavy atom. The van der Waals surface area contributed by atoms with Crippen LogP contribution in [0, 0.1) is 0 Å². The zero-order chi connectivity index (χ0) is 20.3. The molecule has 0 aromatic heterocycles. The molecular weight excluding hydrogens is 432 g/mol. The summed E-state index contributed by atoms with van der Waals surface area (Å²) in [4.78, 5) is 2.42. The van der Waals surface area contributed by atoms with Crippen LogP contribution in [0.25, 0.3) is 0 Å². The number of nitrogens with one attached hydrogen (secondary N) is 1. The topological polar surface area (TPSA) is 86.3 Å². The minimum Gasteiger partial charge on any atom is -0.497 e. The summed E-state index contributed by atoms with van der Waals surface area (Å²) in [5, 5.41) is 0. The van der Waals surface area contributed by atoms with Gasteiger partial charge in [-0.1, -0.05) is 6.07 Å². The number of methoxy groups -OCH3 is 1. The first kappa shape index (κ1) is 22.6. The molecule has 0 saturated carbocycles. The Hall–Kier alpha value is -2.04. The van der Waals surface area contributed by atoms with E-state index >= 15 is 0 Å². The second-order valence-electron chi connectivity index (χ2n) is 6.80. The number of hydrogen-bond acceptors (Lipinski definition) is 7. The molecule has 1 unspecified atom stereocenters. The number of halogens is 1. The standard InChI is InChI=1S/C20H24N2O6S.ClH/c1-25-16-3-5-17(6-4-16)29(23,24)21-13-18(22-8-10-26-11-9-22)15-2-7-19-20(12-15)28-14-27-19;/h2-7,12,18,21H,8-11,13-14H2,1H3;1H. The van der Waals surface area contributed by atoms with Crippen LogP contribution in [0.2, 0.25) is 0 Å². The molecule has 0 amide bonds. The predicted octanol–water partition coefficient (Wildman–Crippen LogP) is 2.20. The van der Waals surface area contributed by atoms with Crippen molar-refractivity contribution in [2.75, 3.05) is 46.8 Å². The summed E-state index contributed by atoms with van der Waals surface area (Å²) >= 11 is 0. The van der Waals surface area contributed by atoms with Crippen LogP contribution in [0.5, 0.6) is 17.2 Å². The van der Waals surface area contributed by atoms with Crippen molar-refractivity contribution in [3.8, 4) is 17.2 Å². The molecule has 0 aliphatic carbocycles. The Kier molecular flexibility index (Phi) is 7.43. The summed E-state index contributed by atoms with van der Waals surface area (Å²) in [6, 6.07) is 11.9. The third kappa shape index (κ3) is 4.98. The molecule has 2 aliphatic heterocycles. The average Bonchev–Trinajstić information content (AvgIpc) is 3.23. The van der Waals surface area contributed by atoms with Crippen LogP contribution in [0.1, 0.15) is 11.6 Å². The molecule has 1 N–H and O–H groups in total. The van der Waals surface area contributed by atoms with E-state index in [4.69, 9.17) is 18.9 Å². The van der Waals surface area contributed by atoms with Crippen molar-refractivity contribution in [2.24, 2.45) is 0 Å². The number of rotatable bonds is 7. The summed E-state index contributed by atoms with van der Waals surface area (Å²) in [6.45, 7) is 3.12. The Bertz CT molecular complexity index is 948. The van der Waals surface area contributed by atoms with Gasteiger partial charge in [-0.25, -0.2) is 13.1 Å². The van der Waals surface area contributed by atoms with E-state index in [9.17, 15) is 8.42 Å². The Balaban J connectivity index is 0.00000256. The molecule has 0 bridgehead atoms. The fraction of sp³-hybridized carbons (Fsp3) is 0.400.